The SMILES string of the molecule is CC(=O)CC(=O)N[SH](=O)=O. The Balaban J connectivity index is 3.76. The Labute approximate surface area is 59.5 Å². The topological polar surface area (TPSA) is 80.3 Å². The van der Waals surface area contributed by atoms with Gasteiger partial charge >= 0.3 is 0 Å². The van der Waals surface area contributed by atoms with Gasteiger partial charge in [0.1, 0.15) is 5.78 Å². The van der Waals surface area contributed by atoms with E-state index in [1.165, 1.54) is 6.92 Å². The Morgan fingerprint density at radius 1 is 1.40 bits per heavy atom. The van der Waals surface area contributed by atoms with Crippen LogP contribution in [0.4, 0.5) is 0 Å². The summed E-state index contributed by atoms with van der Waals surface area (Å²) in [6.45, 7) is 1.21. The Hall–Kier alpha value is -0.910. The molecule has 0 aromatic carbocycles. The number of amides is 1. The van der Waals surface area contributed by atoms with Crippen LogP contribution in [-0.2, 0) is 20.5 Å². The van der Waals surface area contributed by atoms with E-state index in [2.05, 4.69) is 0 Å². The first-order valence-corrected chi connectivity index (χ1v) is 3.63. The van der Waals surface area contributed by atoms with Gasteiger partial charge in [0.2, 0.25) is 16.8 Å². The van der Waals surface area contributed by atoms with Gasteiger partial charge in [-0.1, -0.05) is 0 Å². The summed E-state index contributed by atoms with van der Waals surface area (Å²) in [6, 6.07) is 0. The van der Waals surface area contributed by atoms with Crippen molar-refractivity contribution in [3.8, 4) is 0 Å². The van der Waals surface area contributed by atoms with Gasteiger partial charge < -0.3 is 0 Å². The maximum Gasteiger partial charge on any atom is 0.240 e. The van der Waals surface area contributed by atoms with Crippen molar-refractivity contribution in [3.63, 3.8) is 0 Å². The highest BCUT2D eigenvalue weighted by molar-refractivity contribution is 7.71. The van der Waals surface area contributed by atoms with Gasteiger partial charge in [0, 0.05) is 0 Å². The van der Waals surface area contributed by atoms with Gasteiger partial charge in [0.15, 0.2) is 0 Å². The van der Waals surface area contributed by atoms with Crippen LogP contribution in [0.25, 0.3) is 0 Å². The summed E-state index contributed by atoms with van der Waals surface area (Å²) in [5, 5.41) is 0. The molecule has 0 spiro atoms. The summed E-state index contributed by atoms with van der Waals surface area (Å²) < 4.78 is 21.1. The number of rotatable bonds is 3. The van der Waals surface area contributed by atoms with Crippen molar-refractivity contribution in [1.29, 1.82) is 0 Å². The molecular formula is C4H7NO4S. The minimum atomic E-state index is -2.92. The predicted octanol–water partition coefficient (Wildman–Crippen LogP) is -1.39. The lowest BCUT2D eigenvalue weighted by Gasteiger charge is -1.91. The Bertz CT molecular complexity index is 211. The predicted molar refractivity (Wildman–Crippen MR) is 33.8 cm³/mol. The van der Waals surface area contributed by atoms with E-state index in [9.17, 15) is 18.0 Å². The number of ketones is 1. The van der Waals surface area contributed by atoms with Gasteiger partial charge in [-0.05, 0) is 6.92 Å². The molecule has 0 heterocycles. The van der Waals surface area contributed by atoms with Gasteiger partial charge in [-0.15, -0.1) is 0 Å². The summed E-state index contributed by atoms with van der Waals surface area (Å²) in [5.41, 5.74) is 0. The quantitative estimate of drug-likeness (QED) is 0.398. The minimum Gasteiger partial charge on any atom is -0.299 e. The van der Waals surface area contributed by atoms with E-state index in [0.717, 1.165) is 0 Å². The van der Waals surface area contributed by atoms with E-state index in [1.54, 1.807) is 4.72 Å². The highest BCUT2D eigenvalue weighted by Gasteiger charge is 2.03. The van der Waals surface area contributed by atoms with Gasteiger partial charge in [0.25, 0.3) is 0 Å². The third kappa shape index (κ3) is 5.23. The number of hydrogen-bond donors (Lipinski definition) is 2. The molecule has 0 aliphatic heterocycles. The molecular weight excluding hydrogens is 158 g/mol. The monoisotopic (exact) mass is 165 g/mol. The zero-order valence-corrected chi connectivity index (χ0v) is 6.18. The van der Waals surface area contributed by atoms with Crippen LogP contribution >= 0.6 is 0 Å². The first-order chi connectivity index (χ1) is 4.52. The molecule has 0 rings (SSSR count). The first kappa shape index (κ1) is 9.09. The lowest BCUT2D eigenvalue weighted by Crippen LogP contribution is -2.23. The van der Waals surface area contributed by atoms with Crippen molar-refractivity contribution in [2.45, 2.75) is 13.3 Å². The summed E-state index contributed by atoms with van der Waals surface area (Å²) >= 11 is 0. The number of thiol groups is 1. The van der Waals surface area contributed by atoms with Crippen LogP contribution in [0.2, 0.25) is 0 Å². The minimum absolute atomic E-state index is 0.366. The van der Waals surface area contributed by atoms with Crippen LogP contribution in [-0.4, -0.2) is 20.1 Å². The van der Waals surface area contributed by atoms with Crippen molar-refractivity contribution in [3.05, 3.63) is 0 Å². The van der Waals surface area contributed by atoms with Gasteiger partial charge in [-0.25, -0.2) is 8.42 Å². The molecule has 5 nitrogen and oxygen atoms in total. The normalized spacial score (nSPS) is 9.40. The molecule has 58 valence electrons. The average molecular weight is 165 g/mol. The molecule has 6 heteroatoms. The molecule has 0 aromatic rings. The maximum absolute atomic E-state index is 10.3. The highest BCUT2D eigenvalue weighted by atomic mass is 32.2. The second kappa shape index (κ2) is 3.99. The van der Waals surface area contributed by atoms with E-state index < -0.39 is 16.8 Å². The van der Waals surface area contributed by atoms with Gasteiger partial charge in [0.05, 0.1) is 6.42 Å². The smallest absolute Gasteiger partial charge is 0.240 e. The van der Waals surface area contributed by atoms with E-state index in [0.29, 0.717) is 0 Å². The van der Waals surface area contributed by atoms with Crippen molar-refractivity contribution in [2.75, 3.05) is 0 Å². The summed E-state index contributed by atoms with van der Waals surface area (Å²) in [6.07, 6.45) is -0.386. The number of nitrogens with one attached hydrogen (secondary N) is 1. The number of carbonyl (C=O) groups is 2. The molecule has 0 atom stereocenters. The molecule has 0 saturated heterocycles. The number of carbonyl (C=O) groups excluding carboxylic acids is 2. The molecule has 10 heavy (non-hydrogen) atoms. The van der Waals surface area contributed by atoms with Crippen LogP contribution in [0.3, 0.4) is 0 Å². The molecule has 0 aliphatic carbocycles. The fraction of sp³-hybridized carbons (Fsp3) is 0.500. The maximum atomic E-state index is 10.3. The zero-order valence-electron chi connectivity index (χ0n) is 5.29. The lowest BCUT2D eigenvalue weighted by atomic mass is 10.3. The molecule has 0 unspecified atom stereocenters. The second-order valence-electron chi connectivity index (χ2n) is 1.67. The average Bonchev–Trinajstić information content (AvgIpc) is 1.58. The molecule has 0 saturated carbocycles. The summed E-state index contributed by atoms with van der Waals surface area (Å²) in [7, 11) is -2.92. The Morgan fingerprint density at radius 2 is 1.90 bits per heavy atom. The molecule has 1 N–H and O–H groups in total. The summed E-state index contributed by atoms with van der Waals surface area (Å²) in [4.78, 5) is 20.5. The molecule has 0 bridgehead atoms. The van der Waals surface area contributed by atoms with Crippen LogP contribution in [0.5, 0.6) is 0 Å². The fourth-order valence-corrected chi connectivity index (χ4v) is 0.650. The summed E-state index contributed by atoms with van der Waals surface area (Å²) in [5.74, 6) is -1.15. The second-order valence-corrected chi connectivity index (χ2v) is 2.41. The first-order valence-electron chi connectivity index (χ1n) is 2.45. The third-order valence-corrected chi connectivity index (χ3v) is 1.06. The van der Waals surface area contributed by atoms with Crippen LogP contribution in [0.15, 0.2) is 0 Å². The van der Waals surface area contributed by atoms with Crippen molar-refractivity contribution < 1.29 is 18.0 Å². The van der Waals surface area contributed by atoms with Crippen molar-refractivity contribution in [1.82, 2.24) is 4.72 Å². The fourth-order valence-electron chi connectivity index (χ4n) is 0.367. The van der Waals surface area contributed by atoms with E-state index in [1.807, 2.05) is 0 Å². The molecule has 0 radical (unpaired) electrons. The van der Waals surface area contributed by atoms with E-state index in [4.69, 9.17) is 0 Å². The lowest BCUT2D eigenvalue weighted by molar-refractivity contribution is -0.125. The number of hydrogen-bond acceptors (Lipinski definition) is 4. The van der Waals surface area contributed by atoms with Crippen molar-refractivity contribution >= 4 is 22.6 Å². The van der Waals surface area contributed by atoms with Gasteiger partial charge in [-0.2, -0.15) is 0 Å². The Kier molecular flexibility index (Phi) is 3.63. The third-order valence-electron chi connectivity index (χ3n) is 0.625. The molecule has 0 aromatic heterocycles. The van der Waals surface area contributed by atoms with E-state index >= 15 is 0 Å². The molecule has 0 aliphatic rings. The molecule has 1 amide bonds. The Morgan fingerprint density at radius 3 is 2.20 bits per heavy atom. The van der Waals surface area contributed by atoms with E-state index in [-0.39, 0.29) is 12.2 Å². The standard InChI is InChI=1S/C4H7NO4S/c1-3(6)2-4(7)5-10(8)9/h10H,2H2,1H3,(H,5,7,8,9). The van der Waals surface area contributed by atoms with Crippen molar-refractivity contribution in [2.24, 2.45) is 0 Å². The zero-order chi connectivity index (χ0) is 8.15. The highest BCUT2D eigenvalue weighted by Crippen LogP contribution is 1.79. The van der Waals surface area contributed by atoms with Crippen LogP contribution in [0, 0.1) is 0 Å². The van der Waals surface area contributed by atoms with Gasteiger partial charge in [-0.3, -0.25) is 14.3 Å². The largest absolute Gasteiger partial charge is 0.299 e. The van der Waals surface area contributed by atoms with Crippen LogP contribution in [0.1, 0.15) is 13.3 Å². The van der Waals surface area contributed by atoms with Crippen LogP contribution < -0.4 is 4.72 Å². The number of Topliss-reactive ketones (excluding diaryl/α,β-unsaturated/α-hetero) is 1. The molecule has 0 fully saturated rings.